The van der Waals surface area contributed by atoms with Gasteiger partial charge in [0.1, 0.15) is 17.0 Å². The number of aromatic nitrogens is 1. The summed E-state index contributed by atoms with van der Waals surface area (Å²) < 4.78 is 11.2. The first-order chi connectivity index (χ1) is 17.5. The molecule has 1 aromatic heterocycles. The van der Waals surface area contributed by atoms with E-state index in [9.17, 15) is 9.59 Å². The number of nitrogens with two attached hydrogens (primary N) is 1. The Bertz CT molecular complexity index is 1290. The number of benzene rings is 2. The van der Waals surface area contributed by atoms with Crippen LogP contribution in [0.2, 0.25) is 10.0 Å². The number of esters is 1. The molecule has 1 heterocycles. The number of hydrogen-bond donors (Lipinski definition) is 1. The maximum atomic E-state index is 13.5. The first kappa shape index (κ1) is 27.2. The summed E-state index contributed by atoms with van der Waals surface area (Å²) in [6.07, 6.45) is 2.64. The average molecular weight is 544 g/mol. The summed E-state index contributed by atoms with van der Waals surface area (Å²) in [6, 6.07) is 13.4. The first-order valence-corrected chi connectivity index (χ1v) is 12.9. The van der Waals surface area contributed by atoms with Gasteiger partial charge in [-0.15, -0.1) is 0 Å². The van der Waals surface area contributed by atoms with Gasteiger partial charge in [-0.1, -0.05) is 64.3 Å². The third-order valence-electron chi connectivity index (χ3n) is 7.59. The fourth-order valence-corrected chi connectivity index (χ4v) is 5.70. The Kier molecular flexibility index (Phi) is 7.70. The third-order valence-corrected chi connectivity index (χ3v) is 8.22. The number of halogens is 2. The van der Waals surface area contributed by atoms with Crippen molar-refractivity contribution in [1.29, 1.82) is 0 Å². The second-order valence-corrected chi connectivity index (χ2v) is 10.9. The van der Waals surface area contributed by atoms with Crippen LogP contribution in [0.3, 0.4) is 0 Å². The van der Waals surface area contributed by atoms with E-state index < -0.39 is 17.5 Å². The quantitative estimate of drug-likeness (QED) is 0.380. The second-order valence-electron chi connectivity index (χ2n) is 10.1. The Labute approximate surface area is 226 Å². The molecule has 0 radical (unpaired) electrons. The Morgan fingerprint density at radius 2 is 1.62 bits per heavy atom. The van der Waals surface area contributed by atoms with Crippen molar-refractivity contribution in [2.45, 2.75) is 57.1 Å². The van der Waals surface area contributed by atoms with Crippen LogP contribution in [0.5, 0.6) is 0 Å². The van der Waals surface area contributed by atoms with Gasteiger partial charge in [-0.2, -0.15) is 0 Å². The van der Waals surface area contributed by atoms with Gasteiger partial charge >= 0.3 is 5.97 Å². The van der Waals surface area contributed by atoms with Crippen molar-refractivity contribution in [1.82, 2.24) is 10.1 Å². The minimum absolute atomic E-state index is 0.0692. The van der Waals surface area contributed by atoms with Crippen LogP contribution in [0.1, 0.15) is 52.9 Å². The highest BCUT2D eigenvalue weighted by molar-refractivity contribution is 6.39. The molecule has 9 heteroatoms. The average Bonchev–Trinajstić information content (AvgIpc) is 3.22. The zero-order valence-electron chi connectivity index (χ0n) is 21.4. The summed E-state index contributed by atoms with van der Waals surface area (Å²) in [5.74, 6) is -1.19. The molecule has 4 rings (SSSR count). The van der Waals surface area contributed by atoms with E-state index in [1.807, 2.05) is 14.1 Å². The van der Waals surface area contributed by atoms with Crippen molar-refractivity contribution in [3.8, 4) is 11.3 Å². The highest BCUT2D eigenvalue weighted by Crippen LogP contribution is 2.43. The summed E-state index contributed by atoms with van der Waals surface area (Å²) in [7, 11) is 4.08. The summed E-state index contributed by atoms with van der Waals surface area (Å²) in [5, 5.41) is 4.64. The van der Waals surface area contributed by atoms with E-state index in [2.05, 4.69) is 41.2 Å². The molecule has 37 heavy (non-hydrogen) atoms. The molecule has 2 aromatic carbocycles. The fraction of sp³-hybridized carbons (Fsp3) is 0.393. The lowest BCUT2D eigenvalue weighted by atomic mass is 9.70. The van der Waals surface area contributed by atoms with E-state index in [0.717, 1.165) is 6.42 Å². The van der Waals surface area contributed by atoms with E-state index in [4.69, 9.17) is 38.2 Å². The maximum Gasteiger partial charge on any atom is 0.345 e. The van der Waals surface area contributed by atoms with Crippen LogP contribution in [0, 0.1) is 13.8 Å². The van der Waals surface area contributed by atoms with Gasteiger partial charge in [0, 0.05) is 11.1 Å². The first-order valence-electron chi connectivity index (χ1n) is 12.1. The van der Waals surface area contributed by atoms with Crippen molar-refractivity contribution in [3.05, 3.63) is 75.0 Å². The minimum Gasteiger partial charge on any atom is -0.445 e. The lowest BCUT2D eigenvalue weighted by molar-refractivity contribution is -0.144. The molecule has 3 aromatic rings. The molecule has 0 unspecified atom stereocenters. The van der Waals surface area contributed by atoms with Gasteiger partial charge in [0.15, 0.2) is 5.60 Å². The molecule has 0 spiro atoms. The molecular formula is C28H31Cl2N3O4. The Morgan fingerprint density at radius 3 is 2.16 bits per heavy atom. The van der Waals surface area contributed by atoms with Crippen LogP contribution < -0.4 is 5.73 Å². The summed E-state index contributed by atoms with van der Waals surface area (Å²) in [6.45, 7) is 3.65. The van der Waals surface area contributed by atoms with Gasteiger partial charge < -0.3 is 19.9 Å². The molecule has 0 atom stereocenters. The van der Waals surface area contributed by atoms with Gasteiger partial charge in [-0.3, -0.25) is 4.79 Å². The van der Waals surface area contributed by atoms with Crippen molar-refractivity contribution in [3.63, 3.8) is 0 Å². The van der Waals surface area contributed by atoms with Gasteiger partial charge in [0.05, 0.1) is 10.0 Å². The lowest BCUT2D eigenvalue weighted by Gasteiger charge is -2.48. The minimum atomic E-state index is -1.45. The Hall–Kier alpha value is -2.87. The molecule has 1 aliphatic carbocycles. The number of hydrogen-bond acceptors (Lipinski definition) is 6. The molecule has 0 bridgehead atoms. The number of primary amides is 1. The standard InChI is InChI=1S/C28H31Cl2N3O4/c1-17-8-10-19(11-9-17)16-27(33(3)4)12-14-28(15-13-27,26(31)35)36-25(34)22-18(2)37-32-24(22)23-20(29)6-5-7-21(23)30/h5-11H,12-16H2,1-4H3,(H2,31,35). The molecular weight excluding hydrogens is 513 g/mol. The van der Waals surface area contributed by atoms with Crippen LogP contribution in [0.25, 0.3) is 11.3 Å². The van der Waals surface area contributed by atoms with Crippen molar-refractivity contribution in [2.24, 2.45) is 5.73 Å². The summed E-state index contributed by atoms with van der Waals surface area (Å²) in [5.41, 5.74) is 7.21. The number of carbonyl (C=O) groups is 2. The number of aryl methyl sites for hydroxylation is 2. The van der Waals surface area contributed by atoms with Crippen LogP contribution in [0.4, 0.5) is 0 Å². The molecule has 1 saturated carbocycles. The SMILES string of the molecule is Cc1ccc(CC2(N(C)C)CCC(OC(=O)c3c(-c4c(Cl)cccc4Cl)noc3C)(C(N)=O)CC2)cc1. The molecule has 1 fully saturated rings. The Balaban J connectivity index is 1.61. The molecule has 1 amide bonds. The number of rotatable bonds is 7. The molecule has 0 saturated heterocycles. The number of amides is 1. The zero-order chi connectivity index (χ0) is 27.0. The molecule has 2 N–H and O–H groups in total. The summed E-state index contributed by atoms with van der Waals surface area (Å²) >= 11 is 12.7. The van der Waals surface area contributed by atoms with Crippen molar-refractivity contribution in [2.75, 3.05) is 14.1 Å². The lowest BCUT2D eigenvalue weighted by Crippen LogP contribution is -2.57. The highest BCUT2D eigenvalue weighted by atomic mass is 35.5. The molecule has 196 valence electrons. The van der Waals surface area contributed by atoms with Crippen molar-refractivity contribution >= 4 is 35.1 Å². The van der Waals surface area contributed by atoms with Gasteiger partial charge in [0.25, 0.3) is 5.91 Å². The van der Waals surface area contributed by atoms with Gasteiger partial charge in [-0.25, -0.2) is 4.79 Å². The van der Waals surface area contributed by atoms with E-state index in [1.165, 1.54) is 11.1 Å². The molecule has 7 nitrogen and oxygen atoms in total. The molecule has 0 aliphatic heterocycles. The maximum absolute atomic E-state index is 13.5. The van der Waals surface area contributed by atoms with Crippen LogP contribution in [-0.2, 0) is 16.0 Å². The van der Waals surface area contributed by atoms with E-state index >= 15 is 0 Å². The zero-order valence-corrected chi connectivity index (χ0v) is 22.9. The second kappa shape index (κ2) is 10.5. The summed E-state index contributed by atoms with van der Waals surface area (Å²) in [4.78, 5) is 28.5. The number of ether oxygens (including phenoxy) is 1. The smallest absolute Gasteiger partial charge is 0.345 e. The normalized spacial score (nSPS) is 21.7. The largest absolute Gasteiger partial charge is 0.445 e. The monoisotopic (exact) mass is 543 g/mol. The predicted octanol–water partition coefficient (Wildman–Crippen LogP) is 5.76. The predicted molar refractivity (Wildman–Crippen MR) is 144 cm³/mol. The fourth-order valence-electron chi connectivity index (χ4n) is 5.12. The van der Waals surface area contributed by atoms with E-state index in [1.54, 1.807) is 25.1 Å². The Morgan fingerprint density at radius 1 is 1.03 bits per heavy atom. The van der Waals surface area contributed by atoms with Gasteiger partial charge in [-0.05, 0) is 77.7 Å². The molecule has 1 aliphatic rings. The van der Waals surface area contributed by atoms with E-state index in [-0.39, 0.29) is 22.6 Å². The highest BCUT2D eigenvalue weighted by Gasteiger charge is 2.50. The third kappa shape index (κ3) is 5.26. The van der Waals surface area contributed by atoms with E-state index in [0.29, 0.717) is 41.3 Å². The van der Waals surface area contributed by atoms with Crippen LogP contribution in [-0.4, -0.2) is 47.2 Å². The topological polar surface area (TPSA) is 98.7 Å². The number of nitrogens with zero attached hydrogens (tertiary/aromatic N) is 2. The van der Waals surface area contributed by atoms with Crippen LogP contribution >= 0.6 is 23.2 Å². The van der Waals surface area contributed by atoms with Gasteiger partial charge in [0.2, 0.25) is 0 Å². The van der Waals surface area contributed by atoms with Crippen LogP contribution in [0.15, 0.2) is 47.0 Å². The number of carbonyl (C=O) groups excluding carboxylic acids is 2. The number of likely N-dealkylation sites (N-methyl/N-ethyl adjacent to an activating group) is 1. The van der Waals surface area contributed by atoms with Crippen molar-refractivity contribution < 1.29 is 18.8 Å².